The van der Waals surface area contributed by atoms with Gasteiger partial charge in [0.1, 0.15) is 13.2 Å². The number of aliphatic carboxylic acids is 1. The monoisotopic (exact) mass is 928 g/mol. The van der Waals surface area contributed by atoms with Crippen molar-refractivity contribution in [3.63, 3.8) is 0 Å². The number of quaternary nitrogens is 1. The highest BCUT2D eigenvalue weighted by molar-refractivity contribution is 5.70. The van der Waals surface area contributed by atoms with Gasteiger partial charge in [0.25, 0.3) is 0 Å². The number of carboxylic acid groups (broad SMARTS) is 1. The molecule has 9 heteroatoms. The molecule has 0 aromatic carbocycles. The van der Waals surface area contributed by atoms with Crippen LogP contribution in [-0.4, -0.2) is 82.3 Å². The zero-order valence-corrected chi connectivity index (χ0v) is 43.3. The Morgan fingerprint density at radius 3 is 1.30 bits per heavy atom. The molecule has 0 saturated heterocycles. The van der Waals surface area contributed by atoms with E-state index in [9.17, 15) is 19.5 Å². The van der Waals surface area contributed by atoms with E-state index in [4.69, 9.17) is 18.9 Å². The lowest BCUT2D eigenvalue weighted by Gasteiger charge is -2.26. The number of carbonyl (C=O) groups excluding carboxylic acids is 3. The van der Waals surface area contributed by atoms with E-state index in [1.165, 1.54) is 109 Å². The van der Waals surface area contributed by atoms with Crippen molar-refractivity contribution in [2.24, 2.45) is 0 Å². The number of allylic oxidation sites excluding steroid dienone is 10. The van der Waals surface area contributed by atoms with E-state index in [-0.39, 0.29) is 38.6 Å². The molecule has 0 amide bonds. The summed E-state index contributed by atoms with van der Waals surface area (Å²) in [5.41, 5.74) is 0. The van der Waals surface area contributed by atoms with Crippen LogP contribution in [-0.2, 0) is 33.3 Å². The number of hydrogen-bond acceptors (Lipinski definition) is 8. The fourth-order valence-corrected chi connectivity index (χ4v) is 7.35. The van der Waals surface area contributed by atoms with Crippen LogP contribution in [0.1, 0.15) is 226 Å². The van der Waals surface area contributed by atoms with Crippen LogP contribution in [0.5, 0.6) is 0 Å². The van der Waals surface area contributed by atoms with Gasteiger partial charge in [-0.1, -0.05) is 197 Å². The SMILES string of the molecule is CC/C=C\C/C=C\C/C=C\C/C=C\CCCCCCCCCCCCCCC(=O)OC(COC(=O)CCCCCCC/C=C\CCCCCCCCC)COC(OCC[N+](C)(C)C)C(=O)[O-]. The standard InChI is InChI=1S/C57H101NO8/c1-6-8-10-12-14-16-18-20-22-24-25-26-27-28-29-30-31-32-34-36-38-40-42-44-46-48-55(60)66-53(52-65-57(56(61)62)63-50-49-58(3,4)5)51-64-54(59)47-45-43-41-39-37-35-33-23-21-19-17-15-13-11-9-7-2/h8,10,14,16,20,22-23,25-26,33,53,57H,6-7,9,11-13,15,17-19,21,24,27-32,34-52H2,1-5H3/b10-8-,16-14-,22-20-,26-25-,33-23-. The highest BCUT2D eigenvalue weighted by Crippen LogP contribution is 2.15. The van der Waals surface area contributed by atoms with Gasteiger partial charge in [-0.3, -0.25) is 9.59 Å². The molecule has 9 nitrogen and oxygen atoms in total. The Bertz CT molecular complexity index is 1270. The molecule has 0 heterocycles. The third kappa shape index (κ3) is 48.9. The van der Waals surface area contributed by atoms with Gasteiger partial charge in [-0.05, 0) is 77.0 Å². The molecule has 66 heavy (non-hydrogen) atoms. The first-order valence-electron chi connectivity index (χ1n) is 26.9. The predicted molar refractivity (Wildman–Crippen MR) is 274 cm³/mol. The van der Waals surface area contributed by atoms with Crippen molar-refractivity contribution in [1.29, 1.82) is 0 Å². The van der Waals surface area contributed by atoms with Gasteiger partial charge in [-0.25, -0.2) is 0 Å². The Morgan fingerprint density at radius 1 is 0.470 bits per heavy atom. The molecule has 0 saturated carbocycles. The number of ether oxygens (including phenoxy) is 4. The molecule has 0 aliphatic heterocycles. The summed E-state index contributed by atoms with van der Waals surface area (Å²) < 4.78 is 22.6. The van der Waals surface area contributed by atoms with Crippen LogP contribution < -0.4 is 5.11 Å². The Hall–Kier alpha value is -3.01. The van der Waals surface area contributed by atoms with Gasteiger partial charge in [-0.15, -0.1) is 0 Å². The molecule has 0 spiro atoms. The van der Waals surface area contributed by atoms with Gasteiger partial charge in [0.15, 0.2) is 12.4 Å². The van der Waals surface area contributed by atoms with Crippen molar-refractivity contribution in [3.8, 4) is 0 Å². The highest BCUT2D eigenvalue weighted by atomic mass is 16.7. The van der Waals surface area contributed by atoms with E-state index in [2.05, 4.69) is 74.6 Å². The van der Waals surface area contributed by atoms with Gasteiger partial charge >= 0.3 is 11.9 Å². The van der Waals surface area contributed by atoms with Gasteiger partial charge in [0.05, 0.1) is 40.3 Å². The second kappa shape index (κ2) is 48.4. The Balaban J connectivity index is 4.28. The summed E-state index contributed by atoms with van der Waals surface area (Å²) in [6.45, 7) is 4.63. The number of hydrogen-bond donors (Lipinski definition) is 0. The molecule has 0 aliphatic carbocycles. The normalized spacial score (nSPS) is 13.3. The van der Waals surface area contributed by atoms with Gasteiger partial charge in [0.2, 0.25) is 0 Å². The first kappa shape index (κ1) is 63.0. The molecule has 382 valence electrons. The van der Waals surface area contributed by atoms with Gasteiger partial charge < -0.3 is 33.3 Å². The smallest absolute Gasteiger partial charge is 0.306 e. The summed E-state index contributed by atoms with van der Waals surface area (Å²) in [7, 11) is 5.91. The average molecular weight is 928 g/mol. The molecule has 0 N–H and O–H groups in total. The highest BCUT2D eigenvalue weighted by Gasteiger charge is 2.22. The molecule has 0 bridgehead atoms. The van der Waals surface area contributed by atoms with E-state index >= 15 is 0 Å². The summed E-state index contributed by atoms with van der Waals surface area (Å²) in [5.74, 6) is -2.29. The van der Waals surface area contributed by atoms with E-state index < -0.39 is 24.3 Å². The second-order valence-electron chi connectivity index (χ2n) is 19.1. The molecule has 0 aromatic heterocycles. The van der Waals surface area contributed by atoms with Crippen LogP contribution >= 0.6 is 0 Å². The van der Waals surface area contributed by atoms with Crippen molar-refractivity contribution in [1.82, 2.24) is 0 Å². The molecule has 0 fully saturated rings. The van der Waals surface area contributed by atoms with Gasteiger partial charge in [0, 0.05) is 12.8 Å². The van der Waals surface area contributed by atoms with Crippen molar-refractivity contribution in [2.45, 2.75) is 238 Å². The Kier molecular flexibility index (Phi) is 46.2. The fraction of sp³-hybridized carbons (Fsp3) is 0.772. The first-order valence-corrected chi connectivity index (χ1v) is 26.9. The minimum Gasteiger partial charge on any atom is -0.545 e. The van der Waals surface area contributed by atoms with Crippen molar-refractivity contribution >= 4 is 17.9 Å². The quantitative estimate of drug-likeness (QED) is 0.0195. The molecular formula is C57H101NO8. The third-order valence-corrected chi connectivity index (χ3v) is 11.5. The summed E-state index contributed by atoms with van der Waals surface area (Å²) in [5, 5.41) is 11.7. The number of nitrogens with zero attached hydrogens (tertiary/aromatic N) is 1. The van der Waals surface area contributed by atoms with Crippen molar-refractivity contribution in [2.75, 3.05) is 47.5 Å². The minimum atomic E-state index is -1.62. The van der Waals surface area contributed by atoms with Crippen LogP contribution in [0.4, 0.5) is 0 Å². The lowest BCUT2D eigenvalue weighted by molar-refractivity contribution is -0.870. The second-order valence-corrected chi connectivity index (χ2v) is 19.1. The van der Waals surface area contributed by atoms with Crippen molar-refractivity contribution < 1.29 is 42.9 Å². The Labute approximate surface area is 405 Å². The molecule has 0 radical (unpaired) electrons. The minimum absolute atomic E-state index is 0.145. The average Bonchev–Trinajstić information content (AvgIpc) is 3.28. The summed E-state index contributed by atoms with van der Waals surface area (Å²) in [6, 6.07) is 0. The summed E-state index contributed by atoms with van der Waals surface area (Å²) in [4.78, 5) is 37.2. The number of likely N-dealkylation sites (N-methyl/N-ethyl adjacent to an activating group) is 1. The van der Waals surface area contributed by atoms with E-state index in [1.54, 1.807) is 0 Å². The zero-order chi connectivity index (χ0) is 48.4. The van der Waals surface area contributed by atoms with E-state index in [0.717, 1.165) is 83.5 Å². The van der Waals surface area contributed by atoms with Crippen LogP contribution in [0.3, 0.4) is 0 Å². The van der Waals surface area contributed by atoms with Crippen LogP contribution in [0.15, 0.2) is 60.8 Å². The molecular weight excluding hydrogens is 827 g/mol. The fourth-order valence-electron chi connectivity index (χ4n) is 7.35. The van der Waals surface area contributed by atoms with Gasteiger partial charge in [-0.2, -0.15) is 0 Å². The maximum absolute atomic E-state index is 12.8. The number of unbranched alkanes of at least 4 members (excludes halogenated alkanes) is 24. The Morgan fingerprint density at radius 2 is 0.864 bits per heavy atom. The van der Waals surface area contributed by atoms with Crippen LogP contribution in [0.2, 0.25) is 0 Å². The topological polar surface area (TPSA) is 111 Å². The van der Waals surface area contributed by atoms with Crippen LogP contribution in [0.25, 0.3) is 0 Å². The number of rotatable bonds is 49. The largest absolute Gasteiger partial charge is 0.545 e. The molecule has 0 rings (SSSR count). The first-order chi connectivity index (χ1) is 32.1. The predicted octanol–water partition coefficient (Wildman–Crippen LogP) is 14.0. The maximum Gasteiger partial charge on any atom is 0.306 e. The zero-order valence-electron chi connectivity index (χ0n) is 43.3. The third-order valence-electron chi connectivity index (χ3n) is 11.5. The van der Waals surface area contributed by atoms with E-state index in [0.29, 0.717) is 17.4 Å². The molecule has 0 aromatic rings. The van der Waals surface area contributed by atoms with E-state index in [1.807, 2.05) is 21.1 Å². The number of carboxylic acids is 1. The molecule has 2 unspecified atom stereocenters. The maximum atomic E-state index is 12.8. The van der Waals surface area contributed by atoms with Crippen molar-refractivity contribution in [3.05, 3.63) is 60.8 Å². The summed E-state index contributed by atoms with van der Waals surface area (Å²) >= 11 is 0. The lowest BCUT2D eigenvalue weighted by Crippen LogP contribution is -2.44. The molecule has 2 atom stereocenters. The molecule has 0 aliphatic rings. The van der Waals surface area contributed by atoms with Crippen LogP contribution in [0, 0.1) is 0 Å². The summed E-state index contributed by atoms with van der Waals surface area (Å²) in [6.07, 6.45) is 56.8. The lowest BCUT2D eigenvalue weighted by atomic mass is 10.0. The number of esters is 2. The number of carbonyl (C=O) groups is 3.